The fraction of sp³-hybridized carbons (Fsp3) is 0.263. The smallest absolute Gasteiger partial charge is 0.339 e. The minimum atomic E-state index is -1.22. The molecule has 0 aliphatic rings. The van der Waals surface area contributed by atoms with Crippen LogP contribution in [-0.4, -0.2) is 52.6 Å². The number of hydrogen-bond donors (Lipinski definition) is 1. The molecule has 0 unspecified atom stereocenters. The standard InChI is InChI=1S/C19H20O8/c1-23-10-6-7-11(13(8-10)19(22)27-5)12-9-14(18(20)21)16(25-3)17(26-4)15(12)24-2/h6-9H,1-5H3,(H,20,21). The summed E-state index contributed by atoms with van der Waals surface area (Å²) in [6.07, 6.45) is 0. The van der Waals surface area contributed by atoms with Crippen molar-refractivity contribution in [3.8, 4) is 34.1 Å². The first kappa shape index (κ1) is 19.9. The number of ether oxygens (including phenoxy) is 5. The van der Waals surface area contributed by atoms with Crippen LogP contribution < -0.4 is 18.9 Å². The number of hydrogen-bond acceptors (Lipinski definition) is 7. The van der Waals surface area contributed by atoms with E-state index in [1.54, 1.807) is 12.1 Å². The zero-order chi connectivity index (χ0) is 20.1. The number of benzene rings is 2. The summed E-state index contributed by atoms with van der Waals surface area (Å²) in [5, 5.41) is 9.57. The minimum absolute atomic E-state index is 0.0127. The molecule has 0 fully saturated rings. The van der Waals surface area contributed by atoms with Crippen LogP contribution in [0.5, 0.6) is 23.0 Å². The molecule has 0 heterocycles. The van der Waals surface area contributed by atoms with Crippen molar-refractivity contribution < 1.29 is 38.4 Å². The number of aromatic carboxylic acids is 1. The zero-order valence-electron chi connectivity index (χ0n) is 15.6. The van der Waals surface area contributed by atoms with E-state index in [9.17, 15) is 14.7 Å². The van der Waals surface area contributed by atoms with Crippen molar-refractivity contribution in [2.24, 2.45) is 0 Å². The summed E-state index contributed by atoms with van der Waals surface area (Å²) in [5.74, 6) is -1.06. The molecule has 0 aliphatic heterocycles. The lowest BCUT2D eigenvalue weighted by Gasteiger charge is -2.19. The second-order valence-corrected chi connectivity index (χ2v) is 5.28. The molecular formula is C19H20O8. The second-order valence-electron chi connectivity index (χ2n) is 5.28. The highest BCUT2D eigenvalue weighted by atomic mass is 16.5. The van der Waals surface area contributed by atoms with Gasteiger partial charge in [-0.15, -0.1) is 0 Å². The maximum atomic E-state index is 12.3. The first-order valence-electron chi connectivity index (χ1n) is 7.76. The van der Waals surface area contributed by atoms with E-state index < -0.39 is 11.9 Å². The molecule has 2 aromatic carbocycles. The summed E-state index contributed by atoms with van der Waals surface area (Å²) in [4.78, 5) is 24.0. The Morgan fingerprint density at radius 2 is 1.37 bits per heavy atom. The quantitative estimate of drug-likeness (QED) is 0.736. The predicted octanol–water partition coefficient (Wildman–Crippen LogP) is 2.87. The van der Waals surface area contributed by atoms with Gasteiger partial charge in [0.15, 0.2) is 11.5 Å². The molecule has 0 spiro atoms. The van der Waals surface area contributed by atoms with Gasteiger partial charge >= 0.3 is 11.9 Å². The van der Waals surface area contributed by atoms with Crippen molar-refractivity contribution in [3.63, 3.8) is 0 Å². The molecule has 2 aromatic rings. The molecule has 27 heavy (non-hydrogen) atoms. The lowest BCUT2D eigenvalue weighted by atomic mass is 9.95. The molecule has 1 N–H and O–H groups in total. The molecule has 0 atom stereocenters. The fourth-order valence-corrected chi connectivity index (χ4v) is 2.74. The molecule has 2 rings (SSSR count). The lowest BCUT2D eigenvalue weighted by Crippen LogP contribution is -2.08. The molecular weight excluding hydrogens is 356 g/mol. The van der Waals surface area contributed by atoms with Gasteiger partial charge in [0.1, 0.15) is 11.3 Å². The average molecular weight is 376 g/mol. The van der Waals surface area contributed by atoms with E-state index in [2.05, 4.69) is 0 Å². The maximum Gasteiger partial charge on any atom is 0.339 e. The zero-order valence-corrected chi connectivity index (χ0v) is 15.6. The summed E-state index contributed by atoms with van der Waals surface area (Å²) in [5.41, 5.74) is 0.758. The number of esters is 1. The van der Waals surface area contributed by atoms with E-state index in [1.165, 1.54) is 47.7 Å². The number of carbonyl (C=O) groups is 2. The largest absolute Gasteiger partial charge is 0.497 e. The summed E-state index contributed by atoms with van der Waals surface area (Å²) >= 11 is 0. The highest BCUT2D eigenvalue weighted by molar-refractivity contribution is 6.01. The van der Waals surface area contributed by atoms with Crippen LogP contribution >= 0.6 is 0 Å². The van der Waals surface area contributed by atoms with Gasteiger partial charge in [-0.2, -0.15) is 0 Å². The van der Waals surface area contributed by atoms with Crippen molar-refractivity contribution in [1.82, 2.24) is 0 Å². The van der Waals surface area contributed by atoms with Crippen molar-refractivity contribution in [2.75, 3.05) is 35.5 Å². The van der Waals surface area contributed by atoms with E-state index >= 15 is 0 Å². The molecule has 0 bridgehead atoms. The predicted molar refractivity (Wildman–Crippen MR) is 96.4 cm³/mol. The van der Waals surface area contributed by atoms with Gasteiger partial charge in [0.25, 0.3) is 0 Å². The number of methoxy groups -OCH3 is 5. The van der Waals surface area contributed by atoms with Gasteiger partial charge in [-0.25, -0.2) is 9.59 Å². The molecule has 0 aliphatic carbocycles. The average Bonchev–Trinajstić information content (AvgIpc) is 2.70. The molecule has 0 aromatic heterocycles. The van der Waals surface area contributed by atoms with Crippen LogP contribution in [-0.2, 0) is 4.74 Å². The number of rotatable bonds is 7. The minimum Gasteiger partial charge on any atom is -0.497 e. The lowest BCUT2D eigenvalue weighted by molar-refractivity contribution is 0.0600. The van der Waals surface area contributed by atoms with Crippen LogP contribution in [0.4, 0.5) is 0 Å². The molecule has 0 radical (unpaired) electrons. The molecule has 8 nitrogen and oxygen atoms in total. The van der Waals surface area contributed by atoms with Crippen LogP contribution in [0.1, 0.15) is 20.7 Å². The Morgan fingerprint density at radius 3 is 1.85 bits per heavy atom. The second kappa shape index (κ2) is 8.31. The summed E-state index contributed by atoms with van der Waals surface area (Å²) < 4.78 is 26.0. The van der Waals surface area contributed by atoms with Crippen LogP contribution in [0, 0.1) is 0 Å². The number of carboxylic acid groups (broad SMARTS) is 1. The Kier molecular flexibility index (Phi) is 6.12. The summed E-state index contributed by atoms with van der Waals surface area (Å²) in [7, 11) is 6.82. The summed E-state index contributed by atoms with van der Waals surface area (Å²) in [6.45, 7) is 0. The number of carboxylic acids is 1. The van der Waals surface area contributed by atoms with Crippen LogP contribution in [0.3, 0.4) is 0 Å². The molecule has 8 heteroatoms. The van der Waals surface area contributed by atoms with E-state index in [4.69, 9.17) is 23.7 Å². The fourth-order valence-electron chi connectivity index (χ4n) is 2.74. The SMILES string of the molecule is COC(=O)c1cc(OC)ccc1-c1cc(C(=O)O)c(OC)c(OC)c1OC. The van der Waals surface area contributed by atoms with Gasteiger partial charge in [0.05, 0.1) is 41.1 Å². The van der Waals surface area contributed by atoms with Crippen molar-refractivity contribution in [3.05, 3.63) is 35.4 Å². The van der Waals surface area contributed by atoms with E-state index in [-0.39, 0.29) is 28.4 Å². The first-order chi connectivity index (χ1) is 12.9. The third kappa shape index (κ3) is 3.59. The van der Waals surface area contributed by atoms with Crippen LogP contribution in [0.25, 0.3) is 11.1 Å². The van der Waals surface area contributed by atoms with Gasteiger partial charge in [-0.3, -0.25) is 0 Å². The normalized spacial score (nSPS) is 10.1. The Balaban J connectivity index is 2.92. The van der Waals surface area contributed by atoms with Crippen molar-refractivity contribution in [2.45, 2.75) is 0 Å². The third-order valence-electron chi connectivity index (χ3n) is 3.96. The van der Waals surface area contributed by atoms with Crippen LogP contribution in [0.15, 0.2) is 24.3 Å². The summed E-state index contributed by atoms with van der Waals surface area (Å²) in [6, 6.07) is 6.10. The van der Waals surface area contributed by atoms with Crippen molar-refractivity contribution >= 4 is 11.9 Å². The van der Waals surface area contributed by atoms with Gasteiger partial charge in [0.2, 0.25) is 5.75 Å². The molecule has 0 saturated heterocycles. The van der Waals surface area contributed by atoms with Crippen LogP contribution in [0.2, 0.25) is 0 Å². The van der Waals surface area contributed by atoms with Gasteiger partial charge in [0, 0.05) is 11.1 Å². The topological polar surface area (TPSA) is 101 Å². The Bertz CT molecular complexity index is 872. The van der Waals surface area contributed by atoms with E-state index in [0.29, 0.717) is 16.9 Å². The highest BCUT2D eigenvalue weighted by Gasteiger charge is 2.27. The van der Waals surface area contributed by atoms with Gasteiger partial charge in [-0.05, 0) is 24.3 Å². The first-order valence-corrected chi connectivity index (χ1v) is 7.76. The molecule has 0 amide bonds. The maximum absolute atomic E-state index is 12.3. The monoisotopic (exact) mass is 376 g/mol. The Hall–Kier alpha value is -3.42. The molecule has 144 valence electrons. The van der Waals surface area contributed by atoms with E-state index in [0.717, 1.165) is 0 Å². The van der Waals surface area contributed by atoms with E-state index in [1.807, 2.05) is 0 Å². The molecule has 0 saturated carbocycles. The third-order valence-corrected chi connectivity index (χ3v) is 3.96. The van der Waals surface area contributed by atoms with Gasteiger partial charge in [-0.1, -0.05) is 0 Å². The Morgan fingerprint density at radius 1 is 0.741 bits per heavy atom. The van der Waals surface area contributed by atoms with Gasteiger partial charge < -0.3 is 28.8 Å². The number of carbonyl (C=O) groups excluding carboxylic acids is 1. The van der Waals surface area contributed by atoms with Crippen molar-refractivity contribution in [1.29, 1.82) is 0 Å². The highest BCUT2D eigenvalue weighted by Crippen LogP contribution is 2.47. The Labute approximate surface area is 156 Å².